The number of benzene rings is 1. The molecule has 0 aliphatic carbocycles. The fraction of sp³-hybridized carbons (Fsp3) is 0.389. The number of carbonyl (C=O) groups is 1. The summed E-state index contributed by atoms with van der Waals surface area (Å²) in [6.45, 7) is -2.11. The van der Waals surface area contributed by atoms with Crippen LogP contribution in [0.5, 0.6) is 5.75 Å². The number of carboxylic acid groups (broad SMARTS) is 1. The molecule has 8 nitrogen and oxygen atoms in total. The van der Waals surface area contributed by atoms with Gasteiger partial charge in [0.1, 0.15) is 5.01 Å². The molecule has 3 aromatic rings. The number of alkyl halides is 2. The molecule has 2 aliphatic rings. The van der Waals surface area contributed by atoms with Crippen LogP contribution in [-0.2, 0) is 0 Å². The Morgan fingerprint density at radius 3 is 2.69 bits per heavy atom. The van der Waals surface area contributed by atoms with Gasteiger partial charge in [0.05, 0.1) is 17.6 Å². The van der Waals surface area contributed by atoms with Crippen molar-refractivity contribution in [3.63, 3.8) is 0 Å². The highest BCUT2D eigenvalue weighted by atomic mass is 32.1. The molecule has 2 fully saturated rings. The summed E-state index contributed by atoms with van der Waals surface area (Å²) in [5.41, 5.74) is 1.16. The van der Waals surface area contributed by atoms with Crippen LogP contribution in [0.4, 0.5) is 19.6 Å². The third kappa shape index (κ3) is 3.05. The third-order valence-corrected chi connectivity index (χ3v) is 6.15. The minimum atomic E-state index is -2.99. The molecule has 2 bridgehead atoms. The smallest absolute Gasteiger partial charge is 0.407 e. The van der Waals surface area contributed by atoms with Gasteiger partial charge in [-0.2, -0.15) is 13.8 Å². The number of ether oxygens (including phenoxy) is 1. The molecule has 2 unspecified atom stereocenters. The number of fused-ring (bicyclic) bond motifs is 3. The van der Waals surface area contributed by atoms with Gasteiger partial charge in [-0.25, -0.2) is 9.78 Å². The van der Waals surface area contributed by atoms with Crippen LogP contribution >= 0.6 is 11.3 Å². The van der Waals surface area contributed by atoms with Gasteiger partial charge in [0.15, 0.2) is 16.8 Å². The Labute approximate surface area is 167 Å². The van der Waals surface area contributed by atoms with Crippen LogP contribution in [0, 0.1) is 0 Å². The van der Waals surface area contributed by atoms with Crippen molar-refractivity contribution in [2.45, 2.75) is 31.5 Å². The fourth-order valence-electron chi connectivity index (χ4n) is 4.19. The first-order valence-corrected chi connectivity index (χ1v) is 9.93. The van der Waals surface area contributed by atoms with Gasteiger partial charge >= 0.3 is 12.7 Å². The van der Waals surface area contributed by atoms with Crippen molar-refractivity contribution in [1.29, 1.82) is 0 Å². The number of nitrogens with zero attached hydrogens (tertiary/aromatic N) is 4. The number of aromatic nitrogens is 2. The van der Waals surface area contributed by atoms with E-state index in [4.69, 9.17) is 4.42 Å². The van der Waals surface area contributed by atoms with Gasteiger partial charge < -0.3 is 19.2 Å². The van der Waals surface area contributed by atoms with Gasteiger partial charge in [-0.05, 0) is 25.0 Å². The summed E-state index contributed by atoms with van der Waals surface area (Å²) in [6.07, 6.45) is 2.28. The molecule has 1 N–H and O–H groups in total. The molecule has 1 amide bonds. The molecule has 4 heterocycles. The standard InChI is InChI=1S/C18H16F2N4O4S/c19-16(20)27-12-4-3-11(15-21-5-6-29-15)14-13(12)22-17(28-14)23-7-9-1-2-10(8-23)24(9)18(25)26/h3-6,9-10,16H,1-2,7-8H2,(H,25,26). The molecule has 0 radical (unpaired) electrons. The van der Waals surface area contributed by atoms with E-state index in [-0.39, 0.29) is 29.4 Å². The largest absolute Gasteiger partial charge is 0.465 e. The number of rotatable bonds is 4. The average Bonchev–Trinajstić information content (AvgIpc) is 3.40. The lowest BCUT2D eigenvalue weighted by Crippen LogP contribution is -2.55. The summed E-state index contributed by atoms with van der Waals surface area (Å²) in [5, 5.41) is 11.9. The van der Waals surface area contributed by atoms with E-state index in [2.05, 4.69) is 14.7 Å². The number of anilines is 1. The normalized spacial score (nSPS) is 21.3. The Bertz CT molecular complexity index is 1040. The first kappa shape index (κ1) is 18.1. The van der Waals surface area contributed by atoms with Gasteiger partial charge in [-0.1, -0.05) is 0 Å². The maximum atomic E-state index is 12.9. The second-order valence-electron chi connectivity index (χ2n) is 6.98. The zero-order chi connectivity index (χ0) is 20.1. The molecule has 0 saturated carbocycles. The third-order valence-electron chi connectivity index (χ3n) is 5.35. The molecule has 2 aromatic heterocycles. The summed E-state index contributed by atoms with van der Waals surface area (Å²) in [7, 11) is 0. The number of thiazole rings is 1. The van der Waals surface area contributed by atoms with E-state index < -0.39 is 12.7 Å². The van der Waals surface area contributed by atoms with Gasteiger partial charge in [0.2, 0.25) is 0 Å². The molecular formula is C18H16F2N4O4S. The highest BCUT2D eigenvalue weighted by Gasteiger charge is 2.44. The van der Waals surface area contributed by atoms with E-state index in [1.807, 2.05) is 10.3 Å². The number of hydrogen-bond donors (Lipinski definition) is 1. The Morgan fingerprint density at radius 2 is 2.07 bits per heavy atom. The topological polar surface area (TPSA) is 91.9 Å². The Morgan fingerprint density at radius 1 is 1.31 bits per heavy atom. The SMILES string of the molecule is O=C(O)N1C2CCC1CN(c1nc3c(OC(F)F)ccc(-c4nccs4)c3o1)C2. The van der Waals surface area contributed by atoms with Crippen molar-refractivity contribution >= 4 is 34.5 Å². The van der Waals surface area contributed by atoms with Crippen LogP contribution in [0.15, 0.2) is 28.1 Å². The first-order chi connectivity index (χ1) is 14.0. The van der Waals surface area contributed by atoms with Crippen molar-refractivity contribution < 1.29 is 27.8 Å². The van der Waals surface area contributed by atoms with E-state index in [0.29, 0.717) is 29.2 Å². The molecular weight excluding hydrogens is 406 g/mol. The number of amides is 1. The Kier molecular flexibility index (Phi) is 4.26. The van der Waals surface area contributed by atoms with E-state index >= 15 is 0 Å². The predicted octanol–water partition coefficient (Wildman–Crippen LogP) is 3.88. The number of piperazine rings is 1. The fourth-order valence-corrected chi connectivity index (χ4v) is 4.85. The zero-order valence-electron chi connectivity index (χ0n) is 15.0. The Hall–Kier alpha value is -2.95. The number of halogens is 2. The lowest BCUT2D eigenvalue weighted by atomic mass is 10.2. The maximum absolute atomic E-state index is 12.9. The van der Waals surface area contributed by atoms with Crippen LogP contribution in [0.3, 0.4) is 0 Å². The van der Waals surface area contributed by atoms with Crippen LogP contribution in [-0.4, -0.2) is 57.9 Å². The molecule has 0 spiro atoms. The lowest BCUT2D eigenvalue weighted by molar-refractivity contribution is -0.0489. The van der Waals surface area contributed by atoms with Crippen LogP contribution in [0.2, 0.25) is 0 Å². The van der Waals surface area contributed by atoms with E-state index in [1.54, 1.807) is 12.3 Å². The minimum absolute atomic E-state index is 0.0718. The predicted molar refractivity (Wildman–Crippen MR) is 101 cm³/mol. The minimum Gasteiger partial charge on any atom is -0.465 e. The molecule has 152 valence electrons. The summed E-state index contributed by atoms with van der Waals surface area (Å²) in [4.78, 5) is 23.6. The molecule has 29 heavy (non-hydrogen) atoms. The van der Waals surface area contributed by atoms with Crippen molar-refractivity contribution in [1.82, 2.24) is 14.9 Å². The van der Waals surface area contributed by atoms with Crippen LogP contribution in [0.25, 0.3) is 21.7 Å². The molecule has 1 aromatic carbocycles. The molecule has 2 atom stereocenters. The van der Waals surface area contributed by atoms with E-state index in [1.165, 1.54) is 22.3 Å². The summed E-state index contributed by atoms with van der Waals surface area (Å²) >= 11 is 1.40. The monoisotopic (exact) mass is 422 g/mol. The second-order valence-corrected chi connectivity index (χ2v) is 7.88. The molecule has 11 heteroatoms. The average molecular weight is 422 g/mol. The van der Waals surface area contributed by atoms with Gasteiger partial charge in [-0.3, -0.25) is 4.90 Å². The van der Waals surface area contributed by atoms with Crippen LogP contribution < -0.4 is 9.64 Å². The first-order valence-electron chi connectivity index (χ1n) is 9.05. The van der Waals surface area contributed by atoms with Crippen molar-refractivity contribution in [2.24, 2.45) is 0 Å². The number of hydrogen-bond acceptors (Lipinski definition) is 7. The highest BCUT2D eigenvalue weighted by molar-refractivity contribution is 7.13. The van der Waals surface area contributed by atoms with Crippen molar-refractivity contribution in [3.8, 4) is 16.3 Å². The molecule has 2 saturated heterocycles. The Balaban J connectivity index is 1.55. The zero-order valence-corrected chi connectivity index (χ0v) is 15.8. The van der Waals surface area contributed by atoms with E-state index in [9.17, 15) is 18.7 Å². The van der Waals surface area contributed by atoms with E-state index in [0.717, 1.165) is 12.8 Å². The molecule has 5 rings (SSSR count). The summed E-state index contributed by atoms with van der Waals surface area (Å²) < 4.78 is 36.3. The summed E-state index contributed by atoms with van der Waals surface area (Å²) in [6, 6.07) is 3.04. The highest BCUT2D eigenvalue weighted by Crippen LogP contribution is 2.40. The van der Waals surface area contributed by atoms with Crippen LogP contribution in [0.1, 0.15) is 12.8 Å². The number of oxazole rings is 1. The van der Waals surface area contributed by atoms with Gasteiger partial charge in [0, 0.05) is 24.7 Å². The quantitative estimate of drug-likeness (QED) is 0.682. The summed E-state index contributed by atoms with van der Waals surface area (Å²) in [5.74, 6) is -0.0718. The lowest BCUT2D eigenvalue weighted by Gasteiger charge is -2.38. The van der Waals surface area contributed by atoms with Gasteiger partial charge in [0.25, 0.3) is 6.01 Å². The van der Waals surface area contributed by atoms with Crippen molar-refractivity contribution in [2.75, 3.05) is 18.0 Å². The second kappa shape index (κ2) is 6.83. The maximum Gasteiger partial charge on any atom is 0.407 e. The van der Waals surface area contributed by atoms with Crippen molar-refractivity contribution in [3.05, 3.63) is 23.7 Å². The molecule has 2 aliphatic heterocycles. The van der Waals surface area contributed by atoms with Gasteiger partial charge in [-0.15, -0.1) is 11.3 Å².